The molecule has 0 aliphatic rings. The number of hydrogen-bond acceptors (Lipinski definition) is 5. The maximum Gasteiger partial charge on any atom is 0.242 e. The number of sulfonamides is 1. The molecule has 1 unspecified atom stereocenters. The van der Waals surface area contributed by atoms with Crippen LogP contribution in [-0.4, -0.2) is 57.6 Å². The Morgan fingerprint density at radius 3 is 2.24 bits per heavy atom. The zero-order valence-corrected chi connectivity index (χ0v) is 23.7. The molecule has 2 aromatic rings. The number of aryl methyl sites for hydroxylation is 1. The maximum absolute atomic E-state index is 13.5. The number of carbonyl (C=O) groups is 2. The molecule has 0 bridgehead atoms. The fraction of sp³-hybridized carbons (Fsp3) is 0.500. The van der Waals surface area contributed by atoms with Crippen LogP contribution >= 0.6 is 0 Å². The predicted octanol–water partition coefficient (Wildman–Crippen LogP) is 4.13. The van der Waals surface area contributed by atoms with Gasteiger partial charge < -0.3 is 15.0 Å². The summed E-state index contributed by atoms with van der Waals surface area (Å²) >= 11 is 0. The van der Waals surface area contributed by atoms with E-state index in [0.29, 0.717) is 30.8 Å². The average molecular weight is 532 g/mol. The van der Waals surface area contributed by atoms with Crippen molar-refractivity contribution in [2.24, 2.45) is 5.92 Å². The van der Waals surface area contributed by atoms with E-state index >= 15 is 0 Å². The van der Waals surface area contributed by atoms with Crippen molar-refractivity contribution in [3.8, 4) is 5.75 Å². The normalized spacial score (nSPS) is 12.2. The number of nitrogens with one attached hydrogen (secondary N) is 1. The van der Waals surface area contributed by atoms with Gasteiger partial charge in [-0.3, -0.25) is 13.9 Å². The fourth-order valence-corrected chi connectivity index (χ4v) is 5.12. The van der Waals surface area contributed by atoms with Gasteiger partial charge in [-0.15, -0.1) is 0 Å². The molecule has 2 rings (SSSR count). The molecule has 0 aliphatic carbocycles. The molecule has 2 aromatic carbocycles. The van der Waals surface area contributed by atoms with Crippen LogP contribution in [-0.2, 0) is 26.2 Å². The molecule has 0 saturated heterocycles. The highest BCUT2D eigenvalue weighted by atomic mass is 32.2. The molecule has 1 N–H and O–H groups in total. The summed E-state index contributed by atoms with van der Waals surface area (Å²) in [5, 5.41) is 2.95. The second kappa shape index (κ2) is 14.0. The van der Waals surface area contributed by atoms with Crippen molar-refractivity contribution in [2.75, 3.05) is 30.8 Å². The van der Waals surface area contributed by atoms with Gasteiger partial charge in [0.2, 0.25) is 21.8 Å². The highest BCUT2D eigenvalue weighted by molar-refractivity contribution is 7.92. The van der Waals surface area contributed by atoms with Gasteiger partial charge >= 0.3 is 0 Å². The summed E-state index contributed by atoms with van der Waals surface area (Å²) in [7, 11) is -1.94. The third-order valence-electron chi connectivity index (χ3n) is 6.12. The standard InChI is InChI=1S/C28H41N3O5S/c1-7-25(28(33)29-19-21(2)3)30(20-23-14-16-24(36-5)17-15-23)27(32)13-10-18-31(37(6,34)35)26-12-9-8-11-22(26)4/h8-9,11-12,14-17,21,25H,7,10,13,18-20H2,1-6H3,(H,29,33). The van der Waals surface area contributed by atoms with Crippen molar-refractivity contribution in [1.29, 1.82) is 0 Å². The lowest BCUT2D eigenvalue weighted by Gasteiger charge is -2.31. The molecule has 0 fully saturated rings. The van der Waals surface area contributed by atoms with Crippen LogP contribution in [0.25, 0.3) is 0 Å². The summed E-state index contributed by atoms with van der Waals surface area (Å²) in [4.78, 5) is 28.1. The quantitative estimate of drug-likeness (QED) is 0.396. The van der Waals surface area contributed by atoms with Crippen molar-refractivity contribution < 1.29 is 22.7 Å². The molecule has 0 spiro atoms. The Bertz CT molecular complexity index is 1130. The highest BCUT2D eigenvalue weighted by Gasteiger charge is 2.29. The first-order valence-corrected chi connectivity index (χ1v) is 14.6. The molecule has 2 amide bonds. The van der Waals surface area contributed by atoms with E-state index in [0.717, 1.165) is 11.1 Å². The fourth-order valence-electron chi connectivity index (χ4n) is 4.10. The lowest BCUT2D eigenvalue weighted by Crippen LogP contribution is -2.49. The number of rotatable bonds is 14. The number of carbonyl (C=O) groups excluding carboxylic acids is 2. The van der Waals surface area contributed by atoms with Crippen molar-refractivity contribution in [3.63, 3.8) is 0 Å². The molecule has 9 heteroatoms. The van der Waals surface area contributed by atoms with Gasteiger partial charge in [0, 0.05) is 26.1 Å². The van der Waals surface area contributed by atoms with E-state index < -0.39 is 16.1 Å². The Morgan fingerprint density at radius 1 is 1.05 bits per heavy atom. The predicted molar refractivity (Wildman–Crippen MR) is 148 cm³/mol. The first kappa shape index (κ1) is 30.2. The zero-order chi connectivity index (χ0) is 27.6. The Kier molecular flexibility index (Phi) is 11.4. The number of para-hydroxylation sites is 1. The van der Waals surface area contributed by atoms with Crippen molar-refractivity contribution in [2.45, 2.75) is 59.5 Å². The van der Waals surface area contributed by atoms with Gasteiger partial charge in [-0.2, -0.15) is 0 Å². The van der Waals surface area contributed by atoms with Crippen molar-refractivity contribution in [1.82, 2.24) is 10.2 Å². The molecule has 204 valence electrons. The maximum atomic E-state index is 13.5. The van der Waals surface area contributed by atoms with Crippen LogP contribution < -0.4 is 14.4 Å². The van der Waals surface area contributed by atoms with E-state index in [1.807, 2.05) is 64.1 Å². The number of hydrogen-bond donors (Lipinski definition) is 1. The van der Waals surface area contributed by atoms with E-state index in [9.17, 15) is 18.0 Å². The number of anilines is 1. The summed E-state index contributed by atoms with van der Waals surface area (Å²) < 4.78 is 31.6. The summed E-state index contributed by atoms with van der Waals surface area (Å²) in [6.45, 7) is 8.74. The molecular weight excluding hydrogens is 490 g/mol. The van der Waals surface area contributed by atoms with Gasteiger partial charge in [-0.25, -0.2) is 8.42 Å². The number of amides is 2. The second-order valence-electron chi connectivity index (χ2n) is 9.66. The molecule has 8 nitrogen and oxygen atoms in total. The zero-order valence-electron chi connectivity index (χ0n) is 22.9. The summed E-state index contributed by atoms with van der Waals surface area (Å²) in [6, 6.07) is 14.0. The smallest absolute Gasteiger partial charge is 0.242 e. The van der Waals surface area contributed by atoms with Gasteiger partial charge in [0.05, 0.1) is 19.1 Å². The number of methoxy groups -OCH3 is 1. The molecule has 0 saturated carbocycles. The van der Waals surface area contributed by atoms with Gasteiger partial charge in [0.25, 0.3) is 0 Å². The van der Waals surface area contributed by atoms with Crippen LogP contribution in [0.4, 0.5) is 5.69 Å². The van der Waals surface area contributed by atoms with Crippen LogP contribution in [0.2, 0.25) is 0 Å². The summed E-state index contributed by atoms with van der Waals surface area (Å²) in [6.07, 6.45) is 2.07. The van der Waals surface area contributed by atoms with Crippen LogP contribution in [0.3, 0.4) is 0 Å². The Balaban J connectivity index is 2.22. The largest absolute Gasteiger partial charge is 0.497 e. The van der Waals surface area contributed by atoms with Crippen LogP contribution in [0, 0.1) is 12.8 Å². The summed E-state index contributed by atoms with van der Waals surface area (Å²) in [5.41, 5.74) is 2.32. The number of nitrogens with zero attached hydrogens (tertiary/aromatic N) is 2. The van der Waals surface area contributed by atoms with E-state index in [2.05, 4.69) is 5.32 Å². The van der Waals surface area contributed by atoms with Crippen molar-refractivity contribution >= 4 is 27.5 Å². The molecular formula is C28H41N3O5S. The average Bonchev–Trinajstić information content (AvgIpc) is 2.85. The molecule has 0 aromatic heterocycles. The minimum absolute atomic E-state index is 0.113. The van der Waals surface area contributed by atoms with E-state index in [4.69, 9.17) is 4.74 Å². The Labute approximate surface area is 222 Å². The van der Waals surface area contributed by atoms with E-state index in [1.165, 1.54) is 10.6 Å². The topological polar surface area (TPSA) is 96.0 Å². The second-order valence-corrected chi connectivity index (χ2v) is 11.6. The molecule has 37 heavy (non-hydrogen) atoms. The number of benzene rings is 2. The molecule has 0 radical (unpaired) electrons. The third kappa shape index (κ3) is 9.07. The number of ether oxygens (including phenoxy) is 1. The van der Waals surface area contributed by atoms with E-state index in [-0.39, 0.29) is 37.2 Å². The molecule has 0 heterocycles. The minimum atomic E-state index is -3.53. The van der Waals surface area contributed by atoms with Crippen molar-refractivity contribution in [3.05, 3.63) is 59.7 Å². The Hall–Kier alpha value is -3.07. The Morgan fingerprint density at radius 2 is 1.70 bits per heavy atom. The van der Waals surface area contributed by atoms with Crippen LogP contribution in [0.1, 0.15) is 51.2 Å². The third-order valence-corrected chi connectivity index (χ3v) is 7.30. The summed E-state index contributed by atoms with van der Waals surface area (Å²) in [5.74, 6) is 0.618. The molecule has 1 atom stereocenters. The van der Waals surface area contributed by atoms with Gasteiger partial charge in [0.1, 0.15) is 11.8 Å². The minimum Gasteiger partial charge on any atom is -0.497 e. The van der Waals surface area contributed by atoms with Crippen LogP contribution in [0.5, 0.6) is 5.75 Å². The molecule has 0 aliphatic heterocycles. The SMILES string of the molecule is CCC(C(=O)NCC(C)C)N(Cc1ccc(OC)cc1)C(=O)CCCN(c1ccccc1C)S(C)(=O)=O. The van der Waals surface area contributed by atoms with E-state index in [1.54, 1.807) is 24.1 Å². The van der Waals surface area contributed by atoms with Gasteiger partial charge in [-0.05, 0) is 55.0 Å². The lowest BCUT2D eigenvalue weighted by molar-refractivity contribution is -0.141. The first-order chi connectivity index (χ1) is 17.5. The van der Waals surface area contributed by atoms with Gasteiger partial charge in [-0.1, -0.05) is 51.1 Å². The monoisotopic (exact) mass is 531 g/mol. The van der Waals surface area contributed by atoms with Gasteiger partial charge in [0.15, 0.2) is 0 Å². The first-order valence-electron chi connectivity index (χ1n) is 12.7. The van der Waals surface area contributed by atoms with Crippen LogP contribution in [0.15, 0.2) is 48.5 Å². The lowest BCUT2D eigenvalue weighted by atomic mass is 10.1. The highest BCUT2D eigenvalue weighted by Crippen LogP contribution is 2.23.